The summed E-state index contributed by atoms with van der Waals surface area (Å²) in [5.41, 5.74) is 6.71. The Morgan fingerprint density at radius 1 is 0.324 bits per heavy atom. The third kappa shape index (κ3) is 13.3. The molecule has 3 N–H and O–H groups in total. The van der Waals surface area contributed by atoms with Crippen LogP contribution in [0.2, 0.25) is 0 Å². The molecule has 1 aliphatic carbocycles. The van der Waals surface area contributed by atoms with E-state index in [9.17, 15) is 24.9 Å². The van der Waals surface area contributed by atoms with Gasteiger partial charge in [0.25, 0.3) is 0 Å². The van der Waals surface area contributed by atoms with Crippen molar-refractivity contribution in [3.63, 3.8) is 0 Å². The molecule has 8 aromatic rings. The highest BCUT2D eigenvalue weighted by Crippen LogP contribution is 2.37. The highest BCUT2D eigenvalue weighted by Gasteiger charge is 2.31. The molecule has 0 spiro atoms. The first-order valence-corrected chi connectivity index (χ1v) is 22.6. The van der Waals surface area contributed by atoms with Crippen LogP contribution in [0.15, 0.2) is 201 Å². The fourth-order valence-electron chi connectivity index (χ4n) is 6.45. The molecule has 68 heavy (non-hydrogen) atoms. The molecule has 0 atom stereocenters. The van der Waals surface area contributed by atoms with Crippen molar-refractivity contribution < 1.29 is 24.9 Å². The van der Waals surface area contributed by atoms with Gasteiger partial charge in [-0.25, -0.2) is 0 Å². The number of aryl methyl sites for hydroxylation is 3. The molecule has 0 heterocycles. The molecule has 0 saturated carbocycles. The minimum absolute atomic E-state index is 0.0359. The summed E-state index contributed by atoms with van der Waals surface area (Å²) in [7, 11) is 0. The molecule has 0 unspecified atom stereocenters. The van der Waals surface area contributed by atoms with E-state index in [0.29, 0.717) is 45.0 Å². The van der Waals surface area contributed by atoms with Crippen LogP contribution in [-0.4, -0.2) is 26.9 Å². The molecule has 11 heteroatoms. The molecule has 0 bridgehead atoms. The number of rotatable bonds is 6. The second-order valence-corrected chi connectivity index (χ2v) is 14.2. The molecule has 8 aromatic carbocycles. The smallest absolute Gasteiger partial charge is 0.196 e. The molecule has 346 valence electrons. The van der Waals surface area contributed by atoms with E-state index < -0.39 is 0 Å². The zero-order valence-electron chi connectivity index (χ0n) is 40.0. The molecule has 0 saturated heterocycles. The van der Waals surface area contributed by atoms with Crippen LogP contribution in [0.3, 0.4) is 0 Å². The second kappa shape index (κ2) is 26.5. The number of hydrogen-bond acceptors (Lipinski definition) is 11. The fourth-order valence-corrected chi connectivity index (χ4v) is 6.45. The van der Waals surface area contributed by atoms with Crippen molar-refractivity contribution in [2.45, 2.75) is 62.3 Å². The predicted octanol–water partition coefficient (Wildman–Crippen LogP) is 17.4. The lowest BCUT2D eigenvalue weighted by molar-refractivity contribution is 0.0979. The normalized spacial score (nSPS) is 11.1. The van der Waals surface area contributed by atoms with Gasteiger partial charge in [0.15, 0.2) is 11.6 Å². The molecule has 0 radical (unpaired) electrons. The minimum atomic E-state index is -0.252. The summed E-state index contributed by atoms with van der Waals surface area (Å²) in [5.74, 6) is -0.0584. The van der Waals surface area contributed by atoms with Gasteiger partial charge in [-0.15, -0.1) is 20.5 Å². The molecule has 0 amide bonds. The van der Waals surface area contributed by atoms with Crippen LogP contribution in [0.4, 0.5) is 34.1 Å². The van der Waals surface area contributed by atoms with Crippen molar-refractivity contribution >= 4 is 56.5 Å². The van der Waals surface area contributed by atoms with Crippen LogP contribution in [0.25, 0.3) is 10.8 Å². The zero-order chi connectivity index (χ0) is 49.6. The fraction of sp³-hybridized carbons (Fsp3) is 0.158. The van der Waals surface area contributed by atoms with Crippen LogP contribution < -0.4 is 0 Å². The van der Waals surface area contributed by atoms with E-state index in [1.165, 1.54) is 5.39 Å². The third-order valence-corrected chi connectivity index (χ3v) is 9.88. The van der Waals surface area contributed by atoms with Crippen LogP contribution in [0, 0.1) is 20.8 Å². The largest absolute Gasteiger partial charge is 0.505 e. The molecule has 9 rings (SSSR count). The first-order chi connectivity index (χ1) is 33.1. The number of phenols is 3. The highest BCUT2D eigenvalue weighted by molar-refractivity contribution is 6.30. The zero-order valence-corrected chi connectivity index (χ0v) is 40.0. The van der Waals surface area contributed by atoms with E-state index in [1.54, 1.807) is 79.7 Å². The number of azo groups is 3. The lowest BCUT2D eigenvalue weighted by Gasteiger charge is -2.18. The molecule has 1 aliphatic rings. The van der Waals surface area contributed by atoms with Gasteiger partial charge < -0.3 is 15.3 Å². The van der Waals surface area contributed by atoms with Crippen molar-refractivity contribution in [3.8, 4) is 17.2 Å². The summed E-state index contributed by atoms with van der Waals surface area (Å²) < 4.78 is 0. The van der Waals surface area contributed by atoms with E-state index in [-0.39, 0.29) is 34.4 Å². The van der Waals surface area contributed by atoms with Gasteiger partial charge in [-0.3, -0.25) is 9.59 Å². The van der Waals surface area contributed by atoms with Gasteiger partial charge in [-0.1, -0.05) is 163 Å². The first-order valence-electron chi connectivity index (χ1n) is 22.6. The van der Waals surface area contributed by atoms with E-state index in [2.05, 4.69) is 36.8 Å². The van der Waals surface area contributed by atoms with Crippen LogP contribution >= 0.6 is 0 Å². The Labute approximate surface area is 399 Å². The average molecular weight is 907 g/mol. The topological polar surface area (TPSA) is 169 Å². The number of benzene rings is 8. The molecule has 0 aromatic heterocycles. The summed E-state index contributed by atoms with van der Waals surface area (Å²) in [5, 5.41) is 56.6. The number of hydrogen-bond donors (Lipinski definition) is 3. The maximum Gasteiger partial charge on any atom is 0.196 e. The van der Waals surface area contributed by atoms with Gasteiger partial charge in [0.1, 0.15) is 34.3 Å². The maximum atomic E-state index is 12.9. The maximum absolute atomic E-state index is 12.9. The Hall–Kier alpha value is -8.44. The molecular formula is C57H58N6O5. The Kier molecular flexibility index (Phi) is 20.3. The second-order valence-electron chi connectivity index (χ2n) is 14.2. The van der Waals surface area contributed by atoms with Gasteiger partial charge in [0.05, 0.1) is 22.6 Å². The van der Waals surface area contributed by atoms with Gasteiger partial charge in [-0.2, -0.15) is 10.2 Å². The number of fused-ring (bicyclic) bond motifs is 3. The number of aromatic hydroxyl groups is 3. The summed E-state index contributed by atoms with van der Waals surface area (Å²) in [6.45, 7) is 17.4. The Balaban J connectivity index is 0.000000216. The van der Waals surface area contributed by atoms with Gasteiger partial charge in [-0.05, 0) is 96.8 Å². The van der Waals surface area contributed by atoms with E-state index in [0.717, 1.165) is 27.9 Å². The molecule has 11 nitrogen and oxygen atoms in total. The van der Waals surface area contributed by atoms with Crippen LogP contribution in [0.5, 0.6) is 17.2 Å². The lowest BCUT2D eigenvalue weighted by atomic mass is 9.83. The summed E-state index contributed by atoms with van der Waals surface area (Å²) in [6.07, 6.45) is 0. The van der Waals surface area contributed by atoms with Crippen molar-refractivity contribution in [2.24, 2.45) is 30.7 Å². The van der Waals surface area contributed by atoms with Crippen LogP contribution in [0.1, 0.15) is 90.1 Å². The average Bonchev–Trinajstić information content (AvgIpc) is 3.39. The van der Waals surface area contributed by atoms with Crippen molar-refractivity contribution in [1.82, 2.24) is 0 Å². The Morgan fingerprint density at radius 2 is 0.706 bits per heavy atom. The summed E-state index contributed by atoms with van der Waals surface area (Å²) >= 11 is 0. The van der Waals surface area contributed by atoms with Gasteiger partial charge >= 0.3 is 0 Å². The number of para-hydroxylation sites is 3. The third-order valence-electron chi connectivity index (χ3n) is 9.88. The van der Waals surface area contributed by atoms with E-state index in [4.69, 9.17) is 0 Å². The van der Waals surface area contributed by atoms with Crippen LogP contribution in [-0.2, 0) is 0 Å². The van der Waals surface area contributed by atoms with Gasteiger partial charge in [0, 0.05) is 16.7 Å². The monoisotopic (exact) mass is 906 g/mol. The lowest BCUT2D eigenvalue weighted by Crippen LogP contribution is -2.20. The first kappa shape index (κ1) is 52.2. The molecular weight excluding hydrogens is 849 g/mol. The van der Waals surface area contributed by atoms with Crippen molar-refractivity contribution in [1.29, 1.82) is 0 Å². The van der Waals surface area contributed by atoms with Crippen molar-refractivity contribution in [3.05, 3.63) is 209 Å². The highest BCUT2D eigenvalue weighted by atomic mass is 16.3. The van der Waals surface area contributed by atoms with E-state index >= 15 is 0 Å². The predicted molar refractivity (Wildman–Crippen MR) is 275 cm³/mol. The number of carbonyl (C=O) groups excluding carboxylic acids is 2. The standard InChI is InChI=1S/C21H14N2O3.C17H14N2O.C13H12N2O.3C2H6/c1-12-6-4-11-17(19(12)24)23-22-16-10-5-9-15-18(16)21(26)14-8-3-2-7-13(14)20(15)25;1-12-5-4-8-16(17(12)20)19-18-15-10-9-13-6-2-3-7-14(13)11-15;1-10-6-5-9-12(13(10)16)15-14-11-7-3-2-4-8-11;3*1-2/h2-11,24H,1H3;2-11,20H,1H3;2-9,16H,1H3;3*1-2H3. The number of phenolic OH excluding ortho intramolecular Hbond substituents is 3. The number of carbonyl (C=O) groups is 2. The number of nitrogens with zero attached hydrogens (tertiary/aromatic N) is 6. The number of ketones is 2. The quantitative estimate of drug-likeness (QED) is 0.141. The minimum Gasteiger partial charge on any atom is -0.505 e. The van der Waals surface area contributed by atoms with Gasteiger partial charge in [0.2, 0.25) is 0 Å². The van der Waals surface area contributed by atoms with E-state index in [1.807, 2.05) is 146 Å². The summed E-state index contributed by atoms with van der Waals surface area (Å²) in [6, 6.07) is 51.1. The Bertz CT molecular complexity index is 3040. The molecule has 0 fully saturated rings. The van der Waals surface area contributed by atoms with Crippen molar-refractivity contribution in [2.75, 3.05) is 0 Å². The Morgan fingerprint density at radius 3 is 1.24 bits per heavy atom. The SMILES string of the molecule is CC.CC.CC.Cc1cccc(N=Nc2ccc3ccccc3c2)c1O.Cc1cccc(N=Nc2cccc3c2C(=O)c2ccccc2C3=O)c1O.Cc1cccc(N=Nc2ccccc2)c1O. The summed E-state index contributed by atoms with van der Waals surface area (Å²) in [4.78, 5) is 25.6. The molecule has 0 aliphatic heterocycles.